The third kappa shape index (κ3) is 1.70. The fraction of sp³-hybridized carbons (Fsp3) is 0. The Morgan fingerprint density at radius 2 is 2.25 bits per heavy atom. The van der Waals surface area contributed by atoms with Gasteiger partial charge < -0.3 is 5.73 Å². The lowest BCUT2D eigenvalue weighted by molar-refractivity contribution is 1.45. The summed E-state index contributed by atoms with van der Waals surface area (Å²) < 4.78 is 0. The van der Waals surface area contributed by atoms with Crippen LogP contribution in [0.15, 0.2) is 12.7 Å². The predicted octanol–water partition coefficient (Wildman–Crippen LogP) is 0.170. The summed E-state index contributed by atoms with van der Waals surface area (Å²) in [5.74, 6) is 0. The van der Waals surface area contributed by atoms with Gasteiger partial charge in [0.1, 0.15) is 0 Å². The van der Waals surface area contributed by atoms with Crippen LogP contribution in [0.2, 0.25) is 0 Å². The molecule has 1 heteroatoms. The fourth-order valence-electron chi connectivity index (χ4n) is 0. The van der Waals surface area contributed by atoms with Crippen molar-refractivity contribution in [1.82, 2.24) is 0 Å². The van der Waals surface area contributed by atoms with Crippen molar-refractivity contribution >= 4 is 0 Å². The lowest BCUT2D eigenvalue weighted by Crippen LogP contribution is -1.80. The maximum atomic E-state index is 4.66. The Hall–Kier alpha value is -0.300. The van der Waals surface area contributed by atoms with Crippen molar-refractivity contribution in [2.45, 2.75) is 0 Å². The summed E-state index contributed by atoms with van der Waals surface area (Å²) in [7, 11) is 0. The molecular weight excluding hydrogens is 50.0 g/mol. The Labute approximate surface area is 26.1 Å². The zero-order chi connectivity index (χ0) is 3.41. The summed E-state index contributed by atoms with van der Waals surface area (Å²) in [4.78, 5) is 0. The van der Waals surface area contributed by atoms with Gasteiger partial charge >= 0.3 is 0 Å². The summed E-state index contributed by atoms with van der Waals surface area (Å²) in [6.45, 7) is 5.44. The van der Waals surface area contributed by atoms with Crippen molar-refractivity contribution < 1.29 is 0 Å². The maximum Gasteiger partial charge on any atom is 0.0819 e. The van der Waals surface area contributed by atoms with Crippen LogP contribution < -0.4 is 5.73 Å². The van der Waals surface area contributed by atoms with Crippen LogP contribution in [-0.4, -0.2) is 0 Å². The van der Waals surface area contributed by atoms with E-state index in [1.165, 1.54) is 6.08 Å². The van der Waals surface area contributed by atoms with Crippen molar-refractivity contribution in [1.29, 1.82) is 0 Å². The van der Waals surface area contributed by atoms with Gasteiger partial charge in [0.05, 0.1) is 6.54 Å². The lowest BCUT2D eigenvalue weighted by Gasteiger charge is -1.57. The Bertz CT molecular complexity index is 17.2. The molecule has 0 aromatic carbocycles. The third-order valence-corrected chi connectivity index (χ3v) is 0.118. The van der Waals surface area contributed by atoms with Gasteiger partial charge in [-0.25, -0.2) is 0 Å². The first kappa shape index (κ1) is 3.70. The normalized spacial score (nSPS) is 6.25. The SMILES string of the molecule is C=C[C]N. The van der Waals surface area contributed by atoms with Gasteiger partial charge in [-0.05, 0) is 0 Å². The van der Waals surface area contributed by atoms with Crippen molar-refractivity contribution in [3.63, 3.8) is 0 Å². The highest BCUT2D eigenvalue weighted by atomic mass is 14.5. The first-order chi connectivity index (χ1) is 1.91. The second kappa shape index (κ2) is 2.70. The molecule has 0 unspecified atom stereocenters. The van der Waals surface area contributed by atoms with E-state index >= 15 is 0 Å². The molecule has 1 nitrogen and oxygen atoms in total. The molecule has 0 aromatic heterocycles. The van der Waals surface area contributed by atoms with Gasteiger partial charge in [0.2, 0.25) is 0 Å². The number of rotatable bonds is 1. The van der Waals surface area contributed by atoms with E-state index in [0.29, 0.717) is 0 Å². The molecule has 4 heavy (non-hydrogen) atoms. The number of nitrogens with two attached hydrogens (primary N) is 1. The van der Waals surface area contributed by atoms with Crippen molar-refractivity contribution in [2.75, 3.05) is 0 Å². The van der Waals surface area contributed by atoms with Crippen LogP contribution in [0.4, 0.5) is 0 Å². The van der Waals surface area contributed by atoms with Crippen LogP contribution in [0, 0.1) is 6.54 Å². The Morgan fingerprint density at radius 1 is 2.00 bits per heavy atom. The van der Waals surface area contributed by atoms with Gasteiger partial charge in [-0.15, -0.1) is 6.58 Å². The van der Waals surface area contributed by atoms with Gasteiger partial charge in [-0.1, -0.05) is 6.08 Å². The van der Waals surface area contributed by atoms with Crippen molar-refractivity contribution in [2.24, 2.45) is 5.73 Å². The van der Waals surface area contributed by atoms with E-state index in [4.69, 9.17) is 0 Å². The molecule has 2 radical (unpaired) electrons. The van der Waals surface area contributed by atoms with Crippen molar-refractivity contribution in [3.8, 4) is 0 Å². The molecule has 0 aliphatic rings. The van der Waals surface area contributed by atoms with E-state index in [9.17, 15) is 0 Å². The quantitative estimate of drug-likeness (QED) is 0.425. The number of hydrogen-bond acceptors (Lipinski definition) is 1. The Kier molecular flexibility index (Phi) is 2.50. The highest BCUT2D eigenvalue weighted by molar-refractivity contribution is 4.78. The van der Waals surface area contributed by atoms with E-state index < -0.39 is 0 Å². The smallest absolute Gasteiger partial charge is 0.0819 e. The Balaban J connectivity index is 2.30. The van der Waals surface area contributed by atoms with Crippen LogP contribution in [0.3, 0.4) is 0 Å². The average Bonchev–Trinajstić information content (AvgIpc) is 1.37. The summed E-state index contributed by atoms with van der Waals surface area (Å²) in [6.07, 6.45) is 1.40. The Morgan fingerprint density at radius 3 is 2.25 bits per heavy atom. The molecule has 0 aliphatic heterocycles. The van der Waals surface area contributed by atoms with E-state index in [-0.39, 0.29) is 0 Å². The minimum absolute atomic E-state index is 1.40. The lowest BCUT2D eigenvalue weighted by atomic mass is 10.7. The molecule has 0 aliphatic carbocycles. The summed E-state index contributed by atoms with van der Waals surface area (Å²) in [5.41, 5.74) is 4.66. The van der Waals surface area contributed by atoms with Gasteiger partial charge in [0.15, 0.2) is 0 Å². The minimum Gasteiger partial charge on any atom is -0.318 e. The minimum atomic E-state index is 1.40. The first-order valence-corrected chi connectivity index (χ1v) is 0.986. The molecule has 0 aromatic rings. The second-order valence-electron chi connectivity index (χ2n) is 0.371. The highest BCUT2D eigenvalue weighted by Crippen LogP contribution is 1.50. The average molecular weight is 55.1 g/mol. The van der Waals surface area contributed by atoms with E-state index in [1.54, 1.807) is 0 Å². The fourth-order valence-corrected chi connectivity index (χ4v) is 0. The monoisotopic (exact) mass is 55.0 g/mol. The molecule has 0 saturated heterocycles. The second-order valence-corrected chi connectivity index (χ2v) is 0.371. The van der Waals surface area contributed by atoms with Crippen LogP contribution >= 0.6 is 0 Å². The van der Waals surface area contributed by atoms with Crippen LogP contribution in [0.5, 0.6) is 0 Å². The summed E-state index contributed by atoms with van der Waals surface area (Å²) in [6, 6.07) is 0. The third-order valence-electron chi connectivity index (χ3n) is 0.118. The molecule has 2 N–H and O–H groups in total. The van der Waals surface area contributed by atoms with Gasteiger partial charge in [-0.3, -0.25) is 0 Å². The molecule has 0 amide bonds. The molecule has 0 heterocycles. The molecule has 0 atom stereocenters. The largest absolute Gasteiger partial charge is 0.318 e. The van der Waals surface area contributed by atoms with Gasteiger partial charge in [0.25, 0.3) is 0 Å². The van der Waals surface area contributed by atoms with Gasteiger partial charge in [-0.2, -0.15) is 0 Å². The molecule has 22 valence electrons. The van der Waals surface area contributed by atoms with E-state index in [0.717, 1.165) is 0 Å². The van der Waals surface area contributed by atoms with E-state index in [1.807, 2.05) is 0 Å². The topological polar surface area (TPSA) is 26.0 Å². The predicted molar refractivity (Wildman–Crippen MR) is 17.6 cm³/mol. The van der Waals surface area contributed by atoms with Crippen LogP contribution in [-0.2, 0) is 0 Å². The molecule has 0 rings (SSSR count). The van der Waals surface area contributed by atoms with Crippen LogP contribution in [0.1, 0.15) is 0 Å². The zero-order valence-corrected chi connectivity index (χ0v) is 2.36. The standard InChI is InChI=1S/C3H5N/c1-2-3-4/h2H,1,4H2. The van der Waals surface area contributed by atoms with E-state index in [2.05, 4.69) is 18.9 Å². The zero-order valence-electron chi connectivity index (χ0n) is 2.36. The molecule has 0 spiro atoms. The summed E-state index contributed by atoms with van der Waals surface area (Å²) >= 11 is 0. The molecular formula is C3H5N. The van der Waals surface area contributed by atoms with Gasteiger partial charge in [0, 0.05) is 0 Å². The van der Waals surface area contributed by atoms with Crippen LogP contribution in [0.25, 0.3) is 0 Å². The molecule has 0 saturated carbocycles. The molecule has 0 bridgehead atoms. The first-order valence-electron chi connectivity index (χ1n) is 0.986. The van der Waals surface area contributed by atoms with Crippen molar-refractivity contribution in [3.05, 3.63) is 19.2 Å². The maximum absolute atomic E-state index is 4.66. The molecule has 0 fully saturated rings. The number of hydrogen-bond donors (Lipinski definition) is 1. The highest BCUT2D eigenvalue weighted by Gasteiger charge is 1.47. The summed E-state index contributed by atoms with van der Waals surface area (Å²) in [5, 5.41) is 0.